The molecule has 1 aromatic carbocycles. The largest absolute Gasteiger partial charge is 0.433 e. The third-order valence-electron chi connectivity index (χ3n) is 5.82. The molecule has 0 fully saturated rings. The first-order valence-corrected chi connectivity index (χ1v) is 10.00. The van der Waals surface area contributed by atoms with E-state index in [1.54, 1.807) is 0 Å². The van der Waals surface area contributed by atoms with Crippen LogP contribution in [0, 0.1) is 11.6 Å². The van der Waals surface area contributed by atoms with Crippen LogP contribution < -0.4 is 5.56 Å². The smallest absolute Gasteiger partial charge is 0.373 e. The van der Waals surface area contributed by atoms with Crippen molar-refractivity contribution in [2.75, 3.05) is 13.7 Å². The summed E-state index contributed by atoms with van der Waals surface area (Å²) in [5, 5.41) is 0.0543. The molecule has 1 aliphatic rings. The highest BCUT2D eigenvalue weighted by Gasteiger charge is 2.34. The Labute approximate surface area is 187 Å². The van der Waals surface area contributed by atoms with Crippen molar-refractivity contribution in [3.05, 3.63) is 75.0 Å². The number of ether oxygens (including phenoxy) is 1. The van der Waals surface area contributed by atoms with Gasteiger partial charge in [-0.15, -0.1) is 0 Å². The number of aromatic amines is 2. The highest BCUT2D eigenvalue weighted by molar-refractivity contribution is 5.97. The number of carbonyl (C=O) groups is 1. The molecule has 1 unspecified atom stereocenters. The lowest BCUT2D eigenvalue weighted by atomic mass is 9.95. The number of rotatable bonds is 2. The van der Waals surface area contributed by atoms with Gasteiger partial charge in [-0.1, -0.05) is 0 Å². The van der Waals surface area contributed by atoms with Gasteiger partial charge in [0.05, 0.1) is 35.7 Å². The monoisotopic (exact) mass is 478 g/mol. The molecule has 0 radical (unpaired) electrons. The summed E-state index contributed by atoms with van der Waals surface area (Å²) < 4.78 is 72.2. The minimum atomic E-state index is -4.64. The third kappa shape index (κ3) is 3.50. The number of carbonyl (C=O) groups excluding carboxylic acids is 1. The van der Waals surface area contributed by atoms with Gasteiger partial charge in [0, 0.05) is 18.3 Å². The summed E-state index contributed by atoms with van der Waals surface area (Å²) in [6.07, 6.45) is -4.64. The fourth-order valence-corrected chi connectivity index (χ4v) is 4.16. The zero-order valence-corrected chi connectivity index (χ0v) is 17.4. The molecule has 4 aromatic rings. The van der Waals surface area contributed by atoms with Crippen LogP contribution in [-0.2, 0) is 17.5 Å². The van der Waals surface area contributed by atoms with Crippen LogP contribution in [-0.4, -0.2) is 39.4 Å². The first-order chi connectivity index (χ1) is 16.0. The predicted octanol–water partition coefficient (Wildman–Crippen LogP) is 4.04. The van der Waals surface area contributed by atoms with E-state index in [0.717, 1.165) is 18.2 Å². The summed E-state index contributed by atoms with van der Waals surface area (Å²) in [5.41, 5.74) is -0.852. The summed E-state index contributed by atoms with van der Waals surface area (Å²) in [6, 6.07) is 4.08. The van der Waals surface area contributed by atoms with Crippen molar-refractivity contribution in [3.63, 3.8) is 0 Å². The molecule has 0 bridgehead atoms. The number of pyridine rings is 2. The molecule has 0 saturated carbocycles. The number of benzene rings is 1. The van der Waals surface area contributed by atoms with Crippen LogP contribution in [0.5, 0.6) is 0 Å². The Morgan fingerprint density at radius 2 is 1.82 bits per heavy atom. The van der Waals surface area contributed by atoms with E-state index in [1.807, 2.05) is 0 Å². The van der Waals surface area contributed by atoms with E-state index in [9.17, 15) is 31.5 Å². The molecule has 1 atom stereocenters. The van der Waals surface area contributed by atoms with Gasteiger partial charge >= 0.3 is 6.18 Å². The Bertz CT molecular complexity index is 1530. The van der Waals surface area contributed by atoms with Crippen molar-refractivity contribution in [2.24, 2.45) is 0 Å². The van der Waals surface area contributed by atoms with Gasteiger partial charge in [0.1, 0.15) is 11.4 Å². The number of alkyl halides is 3. The number of likely N-dealkylation sites (N-methyl/N-ethyl adjacent to an activating group) is 1. The Hall–Kier alpha value is -3.80. The number of nitrogens with one attached hydrogen (secondary N) is 2. The van der Waals surface area contributed by atoms with Gasteiger partial charge in [-0.25, -0.2) is 13.8 Å². The van der Waals surface area contributed by atoms with Gasteiger partial charge in [-0.3, -0.25) is 9.59 Å². The van der Waals surface area contributed by atoms with Gasteiger partial charge in [-0.2, -0.15) is 13.2 Å². The molecular formula is C22H15F5N4O3. The molecule has 0 aliphatic carbocycles. The quantitative estimate of drug-likeness (QED) is 0.426. The Morgan fingerprint density at radius 1 is 1.12 bits per heavy atom. The van der Waals surface area contributed by atoms with E-state index in [0.29, 0.717) is 11.3 Å². The highest BCUT2D eigenvalue weighted by Crippen LogP contribution is 2.35. The van der Waals surface area contributed by atoms with Crippen molar-refractivity contribution < 1.29 is 31.5 Å². The van der Waals surface area contributed by atoms with Gasteiger partial charge in [0.15, 0.2) is 11.6 Å². The molecule has 0 spiro atoms. The van der Waals surface area contributed by atoms with Crippen LogP contribution in [0.3, 0.4) is 0 Å². The summed E-state index contributed by atoms with van der Waals surface area (Å²) in [7, 11) is 1.43. The maximum Gasteiger partial charge on any atom is 0.433 e. The number of amides is 1. The third-order valence-corrected chi connectivity index (χ3v) is 5.82. The summed E-state index contributed by atoms with van der Waals surface area (Å²) >= 11 is 0. The van der Waals surface area contributed by atoms with E-state index in [4.69, 9.17) is 4.74 Å². The van der Waals surface area contributed by atoms with Crippen LogP contribution in [0.1, 0.15) is 33.5 Å². The molecule has 12 heteroatoms. The Kier molecular flexibility index (Phi) is 4.93. The average molecular weight is 478 g/mol. The Morgan fingerprint density at radius 3 is 2.53 bits per heavy atom. The molecule has 5 rings (SSSR count). The molecule has 176 valence electrons. The SMILES string of the molecule is CN(C(=O)c1cc2nc(C(F)(F)F)ccc2[nH]1)C1COCc2[nH]c(=O)c3cc(F)c(F)cc3c21. The van der Waals surface area contributed by atoms with E-state index in [-0.39, 0.29) is 40.7 Å². The zero-order valence-electron chi connectivity index (χ0n) is 17.4. The zero-order chi connectivity index (χ0) is 24.4. The molecule has 34 heavy (non-hydrogen) atoms. The fraction of sp³-hybridized carbons (Fsp3) is 0.227. The molecule has 7 nitrogen and oxygen atoms in total. The number of nitrogens with zero attached hydrogens (tertiary/aromatic N) is 2. The molecule has 3 aromatic heterocycles. The minimum absolute atomic E-state index is 0.00539. The maximum atomic E-state index is 14.0. The lowest BCUT2D eigenvalue weighted by Crippen LogP contribution is -2.37. The fourth-order valence-electron chi connectivity index (χ4n) is 4.16. The normalized spacial score (nSPS) is 16.1. The molecule has 1 aliphatic heterocycles. The highest BCUT2D eigenvalue weighted by atomic mass is 19.4. The topological polar surface area (TPSA) is 91.1 Å². The number of H-pyrrole nitrogens is 2. The summed E-state index contributed by atoms with van der Waals surface area (Å²) in [6.45, 7) is -0.0132. The van der Waals surface area contributed by atoms with Gasteiger partial charge in [-0.05, 0) is 35.7 Å². The second kappa shape index (κ2) is 7.62. The predicted molar refractivity (Wildman–Crippen MR) is 110 cm³/mol. The van der Waals surface area contributed by atoms with Crippen molar-refractivity contribution in [3.8, 4) is 0 Å². The van der Waals surface area contributed by atoms with Crippen molar-refractivity contribution in [1.82, 2.24) is 19.9 Å². The van der Waals surface area contributed by atoms with E-state index >= 15 is 0 Å². The molecule has 4 heterocycles. The standard InChI is InChI=1S/C22H15F5N4O3/c1-31(21(33)15-6-14-13(28-15)2-3-18(29-14)22(25,26)27)17-8-34-7-16-19(17)9-4-11(23)12(24)5-10(9)20(32)30-16/h2-6,17,28H,7-8H2,1H3,(H,30,32). The molecular weight excluding hydrogens is 463 g/mol. The van der Waals surface area contributed by atoms with E-state index in [2.05, 4.69) is 15.0 Å². The first kappa shape index (κ1) is 22.0. The van der Waals surface area contributed by atoms with E-state index in [1.165, 1.54) is 24.1 Å². The number of aromatic nitrogens is 3. The average Bonchev–Trinajstić information content (AvgIpc) is 3.22. The second-order valence-electron chi connectivity index (χ2n) is 7.92. The van der Waals surface area contributed by atoms with Gasteiger partial charge in [0.25, 0.3) is 11.5 Å². The van der Waals surface area contributed by atoms with Gasteiger partial charge in [0.2, 0.25) is 0 Å². The Balaban J connectivity index is 1.57. The van der Waals surface area contributed by atoms with Crippen LogP contribution >= 0.6 is 0 Å². The van der Waals surface area contributed by atoms with Crippen LogP contribution in [0.4, 0.5) is 22.0 Å². The van der Waals surface area contributed by atoms with Gasteiger partial charge < -0.3 is 19.6 Å². The first-order valence-electron chi connectivity index (χ1n) is 10.00. The van der Waals surface area contributed by atoms with Crippen molar-refractivity contribution in [2.45, 2.75) is 18.8 Å². The van der Waals surface area contributed by atoms with Crippen LogP contribution in [0.2, 0.25) is 0 Å². The number of fused-ring (bicyclic) bond motifs is 4. The lowest BCUT2D eigenvalue weighted by molar-refractivity contribution is -0.140. The lowest BCUT2D eigenvalue weighted by Gasteiger charge is -2.33. The van der Waals surface area contributed by atoms with Crippen LogP contribution in [0.25, 0.3) is 21.8 Å². The van der Waals surface area contributed by atoms with E-state index < -0.39 is 41.0 Å². The van der Waals surface area contributed by atoms with Crippen molar-refractivity contribution in [1.29, 1.82) is 0 Å². The minimum Gasteiger partial charge on any atom is -0.373 e. The molecule has 1 amide bonds. The molecule has 0 saturated heterocycles. The number of halogens is 5. The summed E-state index contributed by atoms with van der Waals surface area (Å²) in [5.74, 6) is -2.94. The number of hydrogen-bond donors (Lipinski definition) is 2. The molecule has 2 N–H and O–H groups in total. The second-order valence-corrected chi connectivity index (χ2v) is 7.92. The number of hydrogen-bond acceptors (Lipinski definition) is 4. The maximum absolute atomic E-state index is 14.0. The summed E-state index contributed by atoms with van der Waals surface area (Å²) in [4.78, 5) is 35.7. The van der Waals surface area contributed by atoms with Crippen LogP contribution in [0.15, 0.2) is 35.1 Å². The van der Waals surface area contributed by atoms with Crippen molar-refractivity contribution >= 4 is 27.7 Å².